The van der Waals surface area contributed by atoms with Crippen LogP contribution in [0.5, 0.6) is 0 Å². The molecule has 19 heavy (non-hydrogen) atoms. The van der Waals surface area contributed by atoms with E-state index in [0.717, 1.165) is 18.7 Å². The van der Waals surface area contributed by atoms with Gasteiger partial charge in [-0.25, -0.2) is 0 Å². The van der Waals surface area contributed by atoms with Gasteiger partial charge in [-0.15, -0.1) is 0 Å². The molecule has 0 bridgehead atoms. The molecule has 1 unspecified atom stereocenters. The van der Waals surface area contributed by atoms with E-state index < -0.39 is 5.91 Å². The van der Waals surface area contributed by atoms with Crippen molar-refractivity contribution >= 4 is 17.5 Å². The van der Waals surface area contributed by atoms with Crippen molar-refractivity contribution in [3.05, 3.63) is 24.0 Å². The Hall–Kier alpha value is -2.11. The maximum Gasteiger partial charge on any atom is 0.270 e. The molecule has 1 aromatic heterocycles. The summed E-state index contributed by atoms with van der Waals surface area (Å²) in [6.07, 6.45) is 2.69. The van der Waals surface area contributed by atoms with Gasteiger partial charge in [0.1, 0.15) is 5.69 Å². The molecule has 0 aliphatic rings. The average molecular weight is 264 g/mol. The highest BCUT2D eigenvalue weighted by Crippen LogP contribution is 2.08. The molecular formula is C13H20N4O2. The van der Waals surface area contributed by atoms with Crippen molar-refractivity contribution in [3.8, 4) is 0 Å². The quantitative estimate of drug-likeness (QED) is 0.681. The number of carbonyl (C=O) groups is 2. The molecule has 0 aliphatic heterocycles. The molecule has 104 valence electrons. The van der Waals surface area contributed by atoms with Crippen molar-refractivity contribution in [2.45, 2.75) is 32.7 Å². The van der Waals surface area contributed by atoms with E-state index in [1.165, 1.54) is 0 Å². The number of carbonyl (C=O) groups excluding carboxylic acids is 2. The molecule has 1 aromatic rings. The lowest BCUT2D eigenvalue weighted by molar-refractivity contribution is -0.118. The number of anilines is 1. The van der Waals surface area contributed by atoms with E-state index in [9.17, 15) is 9.59 Å². The van der Waals surface area contributed by atoms with Crippen LogP contribution in [0, 0.1) is 0 Å². The average Bonchev–Trinajstić information content (AvgIpc) is 2.35. The highest BCUT2D eigenvalue weighted by molar-refractivity contribution is 5.93. The molecule has 0 saturated carbocycles. The van der Waals surface area contributed by atoms with Gasteiger partial charge in [-0.05, 0) is 25.5 Å². The SMILES string of the molecule is CCCNc1ccnc(C(=O)NC(C)CC(N)=O)c1. The lowest BCUT2D eigenvalue weighted by Crippen LogP contribution is -2.36. The summed E-state index contributed by atoms with van der Waals surface area (Å²) in [6.45, 7) is 4.62. The predicted octanol–water partition coefficient (Wildman–Crippen LogP) is 0.897. The van der Waals surface area contributed by atoms with E-state index in [1.54, 1.807) is 25.3 Å². The Morgan fingerprint density at radius 3 is 2.84 bits per heavy atom. The highest BCUT2D eigenvalue weighted by atomic mass is 16.2. The van der Waals surface area contributed by atoms with Gasteiger partial charge in [-0.3, -0.25) is 14.6 Å². The number of primary amides is 1. The standard InChI is InChI=1S/C13H20N4O2/c1-3-5-15-10-4-6-16-11(8-10)13(19)17-9(2)7-12(14)18/h4,6,8-9H,3,5,7H2,1-2H3,(H2,14,18)(H,15,16)(H,17,19). The lowest BCUT2D eigenvalue weighted by Gasteiger charge is -2.12. The second-order valence-electron chi connectivity index (χ2n) is 4.40. The zero-order valence-electron chi connectivity index (χ0n) is 11.3. The number of nitrogens with one attached hydrogen (secondary N) is 2. The molecule has 6 heteroatoms. The molecule has 2 amide bonds. The molecule has 0 fully saturated rings. The van der Waals surface area contributed by atoms with E-state index in [1.807, 2.05) is 0 Å². The molecule has 0 spiro atoms. The van der Waals surface area contributed by atoms with E-state index in [2.05, 4.69) is 22.5 Å². The van der Waals surface area contributed by atoms with Crippen LogP contribution in [0.25, 0.3) is 0 Å². The van der Waals surface area contributed by atoms with Crippen molar-refractivity contribution in [2.24, 2.45) is 5.73 Å². The summed E-state index contributed by atoms with van der Waals surface area (Å²) in [5.41, 5.74) is 6.24. The first-order chi connectivity index (χ1) is 9.02. The van der Waals surface area contributed by atoms with Gasteiger partial charge in [-0.2, -0.15) is 0 Å². The molecule has 1 heterocycles. The molecular weight excluding hydrogens is 244 g/mol. The van der Waals surface area contributed by atoms with Gasteiger partial charge in [-0.1, -0.05) is 6.92 Å². The Balaban J connectivity index is 2.63. The number of hydrogen-bond donors (Lipinski definition) is 3. The van der Waals surface area contributed by atoms with Gasteiger partial charge in [0.05, 0.1) is 0 Å². The molecule has 0 saturated heterocycles. The number of amides is 2. The van der Waals surface area contributed by atoms with Gasteiger partial charge < -0.3 is 16.4 Å². The van der Waals surface area contributed by atoms with E-state index in [4.69, 9.17) is 5.73 Å². The van der Waals surface area contributed by atoms with E-state index in [-0.39, 0.29) is 18.4 Å². The topological polar surface area (TPSA) is 97.1 Å². The number of hydrogen-bond acceptors (Lipinski definition) is 4. The Bertz CT molecular complexity index is 448. The predicted molar refractivity (Wildman–Crippen MR) is 73.8 cm³/mol. The molecule has 1 rings (SSSR count). The molecule has 0 aromatic carbocycles. The summed E-state index contributed by atoms with van der Waals surface area (Å²) in [7, 11) is 0. The Morgan fingerprint density at radius 2 is 2.21 bits per heavy atom. The Labute approximate surface area is 112 Å². The minimum Gasteiger partial charge on any atom is -0.385 e. The fraction of sp³-hybridized carbons (Fsp3) is 0.462. The summed E-state index contributed by atoms with van der Waals surface area (Å²) in [5, 5.41) is 5.86. The summed E-state index contributed by atoms with van der Waals surface area (Å²) in [6, 6.07) is 3.18. The van der Waals surface area contributed by atoms with Crippen molar-refractivity contribution in [1.82, 2.24) is 10.3 Å². The fourth-order valence-corrected chi connectivity index (χ4v) is 1.58. The summed E-state index contributed by atoms with van der Waals surface area (Å²) in [5.74, 6) is -0.756. The van der Waals surface area contributed by atoms with Crippen LogP contribution in [-0.4, -0.2) is 29.4 Å². The van der Waals surface area contributed by atoms with Crippen molar-refractivity contribution in [3.63, 3.8) is 0 Å². The Kier molecular flexibility index (Phi) is 5.78. The lowest BCUT2D eigenvalue weighted by atomic mass is 10.2. The Morgan fingerprint density at radius 1 is 1.47 bits per heavy atom. The molecule has 4 N–H and O–H groups in total. The number of rotatable bonds is 7. The van der Waals surface area contributed by atoms with E-state index in [0.29, 0.717) is 5.69 Å². The molecule has 1 atom stereocenters. The third kappa shape index (κ3) is 5.37. The third-order valence-electron chi connectivity index (χ3n) is 2.46. The number of nitrogens with zero attached hydrogens (tertiary/aromatic N) is 1. The maximum atomic E-state index is 11.9. The van der Waals surface area contributed by atoms with Gasteiger partial charge in [0, 0.05) is 30.9 Å². The van der Waals surface area contributed by atoms with Crippen molar-refractivity contribution < 1.29 is 9.59 Å². The maximum absolute atomic E-state index is 11.9. The summed E-state index contributed by atoms with van der Waals surface area (Å²) >= 11 is 0. The highest BCUT2D eigenvalue weighted by Gasteiger charge is 2.13. The van der Waals surface area contributed by atoms with Crippen LogP contribution in [0.2, 0.25) is 0 Å². The van der Waals surface area contributed by atoms with Crippen molar-refractivity contribution in [1.29, 1.82) is 0 Å². The van der Waals surface area contributed by atoms with Gasteiger partial charge in [0.15, 0.2) is 0 Å². The van der Waals surface area contributed by atoms with Gasteiger partial charge >= 0.3 is 0 Å². The van der Waals surface area contributed by atoms with Crippen LogP contribution in [0.15, 0.2) is 18.3 Å². The molecule has 0 radical (unpaired) electrons. The first-order valence-electron chi connectivity index (χ1n) is 6.32. The van der Waals surface area contributed by atoms with Crippen LogP contribution in [0.1, 0.15) is 37.2 Å². The normalized spacial score (nSPS) is 11.7. The summed E-state index contributed by atoms with van der Waals surface area (Å²) < 4.78 is 0. The number of pyridine rings is 1. The largest absolute Gasteiger partial charge is 0.385 e. The zero-order chi connectivity index (χ0) is 14.3. The van der Waals surface area contributed by atoms with Crippen LogP contribution in [0.4, 0.5) is 5.69 Å². The second kappa shape index (κ2) is 7.35. The van der Waals surface area contributed by atoms with Crippen LogP contribution >= 0.6 is 0 Å². The molecule has 6 nitrogen and oxygen atoms in total. The van der Waals surface area contributed by atoms with Gasteiger partial charge in [0.25, 0.3) is 5.91 Å². The van der Waals surface area contributed by atoms with Gasteiger partial charge in [0.2, 0.25) is 5.91 Å². The summed E-state index contributed by atoms with van der Waals surface area (Å²) in [4.78, 5) is 26.7. The minimum absolute atomic E-state index is 0.111. The van der Waals surface area contributed by atoms with Crippen LogP contribution < -0.4 is 16.4 Å². The zero-order valence-corrected chi connectivity index (χ0v) is 11.3. The van der Waals surface area contributed by atoms with E-state index >= 15 is 0 Å². The number of nitrogens with two attached hydrogens (primary N) is 1. The molecule has 0 aliphatic carbocycles. The van der Waals surface area contributed by atoms with Crippen LogP contribution in [0.3, 0.4) is 0 Å². The fourth-order valence-electron chi connectivity index (χ4n) is 1.58. The van der Waals surface area contributed by atoms with Crippen molar-refractivity contribution in [2.75, 3.05) is 11.9 Å². The first kappa shape index (κ1) is 14.9. The smallest absolute Gasteiger partial charge is 0.270 e. The second-order valence-corrected chi connectivity index (χ2v) is 4.40. The monoisotopic (exact) mass is 264 g/mol. The van der Waals surface area contributed by atoms with Crippen LogP contribution in [-0.2, 0) is 4.79 Å². The first-order valence-corrected chi connectivity index (χ1v) is 6.32. The minimum atomic E-state index is -0.445. The number of aromatic nitrogens is 1. The third-order valence-corrected chi connectivity index (χ3v) is 2.46.